The molecule has 0 spiro atoms. The van der Waals surface area contributed by atoms with E-state index in [0.29, 0.717) is 22.9 Å². The van der Waals surface area contributed by atoms with Crippen LogP contribution in [0.3, 0.4) is 0 Å². The zero-order valence-corrected chi connectivity index (χ0v) is 9.12. The second-order valence-corrected chi connectivity index (χ2v) is 3.68. The molecular weight excluding hydrogens is 195 g/mol. The maximum absolute atomic E-state index is 9.24. The predicted molar refractivity (Wildman–Crippen MR) is 54.6 cm³/mol. The second kappa shape index (κ2) is 6.76. The van der Waals surface area contributed by atoms with Crippen LogP contribution in [0.25, 0.3) is 0 Å². The van der Waals surface area contributed by atoms with Gasteiger partial charge < -0.3 is 5.11 Å². The summed E-state index contributed by atoms with van der Waals surface area (Å²) in [5.74, 6) is 0. The first-order valence-electron chi connectivity index (χ1n) is 4.32. The molecular formula is C9H16Cl2O. The Bertz CT molecular complexity index is 155. The molecule has 0 amide bonds. The van der Waals surface area contributed by atoms with E-state index in [1.54, 1.807) is 0 Å². The van der Waals surface area contributed by atoms with E-state index in [4.69, 9.17) is 23.2 Å². The van der Waals surface area contributed by atoms with Crippen LogP contribution in [0.4, 0.5) is 0 Å². The van der Waals surface area contributed by atoms with Crippen LogP contribution < -0.4 is 0 Å². The zero-order chi connectivity index (χ0) is 9.56. The minimum Gasteiger partial charge on any atom is -0.393 e. The summed E-state index contributed by atoms with van der Waals surface area (Å²) in [6, 6.07) is 0. The summed E-state index contributed by atoms with van der Waals surface area (Å²) >= 11 is 11.7. The number of aliphatic hydroxyl groups excluding tert-OH is 1. The Morgan fingerprint density at radius 2 is 1.83 bits per heavy atom. The maximum Gasteiger partial charge on any atom is 0.0541 e. The lowest BCUT2D eigenvalue weighted by atomic mass is 10.1. The zero-order valence-electron chi connectivity index (χ0n) is 7.61. The van der Waals surface area contributed by atoms with Crippen molar-refractivity contribution in [3.05, 3.63) is 10.1 Å². The van der Waals surface area contributed by atoms with Crippen molar-refractivity contribution >= 4 is 23.2 Å². The van der Waals surface area contributed by atoms with Crippen LogP contribution >= 0.6 is 23.2 Å². The highest BCUT2D eigenvalue weighted by molar-refractivity contribution is 6.39. The molecule has 0 saturated carbocycles. The van der Waals surface area contributed by atoms with E-state index in [1.165, 1.54) is 0 Å². The molecule has 1 atom stereocenters. The summed E-state index contributed by atoms with van der Waals surface area (Å²) in [6.07, 6.45) is 2.67. The number of hydrogen-bond acceptors (Lipinski definition) is 1. The highest BCUT2D eigenvalue weighted by atomic mass is 35.5. The van der Waals surface area contributed by atoms with Crippen molar-refractivity contribution in [3.8, 4) is 0 Å². The largest absolute Gasteiger partial charge is 0.393 e. The maximum atomic E-state index is 9.24. The van der Waals surface area contributed by atoms with E-state index >= 15 is 0 Å². The van der Waals surface area contributed by atoms with E-state index in [0.717, 1.165) is 12.8 Å². The van der Waals surface area contributed by atoms with E-state index in [2.05, 4.69) is 0 Å². The van der Waals surface area contributed by atoms with E-state index in [-0.39, 0.29) is 6.10 Å². The Morgan fingerprint density at radius 1 is 1.25 bits per heavy atom. The molecule has 0 aromatic carbocycles. The Kier molecular flexibility index (Phi) is 6.92. The number of allylic oxidation sites excluding steroid dienone is 2. The van der Waals surface area contributed by atoms with Gasteiger partial charge in [0.15, 0.2) is 0 Å². The van der Waals surface area contributed by atoms with Crippen molar-refractivity contribution < 1.29 is 5.11 Å². The molecule has 0 fully saturated rings. The van der Waals surface area contributed by atoms with Crippen LogP contribution in [0.15, 0.2) is 10.1 Å². The molecule has 12 heavy (non-hydrogen) atoms. The molecule has 0 heterocycles. The van der Waals surface area contributed by atoms with Gasteiger partial charge in [0.2, 0.25) is 0 Å². The molecule has 0 saturated heterocycles. The van der Waals surface area contributed by atoms with Gasteiger partial charge in [0.05, 0.1) is 6.10 Å². The highest BCUT2D eigenvalue weighted by Gasteiger charge is 2.04. The summed E-state index contributed by atoms with van der Waals surface area (Å²) in [7, 11) is 0. The number of rotatable bonds is 5. The van der Waals surface area contributed by atoms with Gasteiger partial charge in [0.1, 0.15) is 0 Å². The van der Waals surface area contributed by atoms with Gasteiger partial charge in [-0.15, -0.1) is 0 Å². The van der Waals surface area contributed by atoms with Crippen LogP contribution in [-0.2, 0) is 0 Å². The molecule has 0 aliphatic heterocycles. The van der Waals surface area contributed by atoms with Crippen molar-refractivity contribution in [3.63, 3.8) is 0 Å². The van der Waals surface area contributed by atoms with Gasteiger partial charge in [-0.2, -0.15) is 0 Å². The summed E-state index contributed by atoms with van der Waals surface area (Å²) in [6.45, 7) is 3.91. The Morgan fingerprint density at radius 3 is 2.25 bits per heavy atom. The molecule has 1 nitrogen and oxygen atoms in total. The topological polar surface area (TPSA) is 20.2 Å². The van der Waals surface area contributed by atoms with Crippen molar-refractivity contribution in [1.29, 1.82) is 0 Å². The third-order valence-corrected chi connectivity index (χ3v) is 2.78. The standard InChI is InChI=1S/C9H16Cl2O/c1-3-7(12)5-6-9(11)8(10)4-2/h7,12H,3-6H2,1-2H3. The number of aliphatic hydroxyl groups is 1. The lowest BCUT2D eigenvalue weighted by Gasteiger charge is -2.07. The SMILES string of the molecule is CCC(Cl)=C(Cl)CCC(O)CC. The van der Waals surface area contributed by atoms with Gasteiger partial charge in [0, 0.05) is 10.1 Å². The molecule has 0 rings (SSSR count). The fourth-order valence-corrected chi connectivity index (χ4v) is 1.16. The molecule has 0 aliphatic carbocycles. The predicted octanol–water partition coefficient (Wildman–Crippen LogP) is 3.64. The average molecular weight is 211 g/mol. The normalized spacial score (nSPS) is 15.8. The summed E-state index contributed by atoms with van der Waals surface area (Å²) in [5.41, 5.74) is 0. The first-order chi connectivity index (χ1) is 5.61. The molecule has 0 bridgehead atoms. The van der Waals surface area contributed by atoms with Crippen molar-refractivity contribution in [2.75, 3.05) is 0 Å². The average Bonchev–Trinajstić information content (AvgIpc) is 2.11. The third kappa shape index (κ3) is 5.02. The van der Waals surface area contributed by atoms with Gasteiger partial charge in [-0.25, -0.2) is 0 Å². The van der Waals surface area contributed by atoms with E-state index in [1.807, 2.05) is 13.8 Å². The lowest BCUT2D eigenvalue weighted by Crippen LogP contribution is -2.03. The molecule has 0 aromatic heterocycles. The fraction of sp³-hybridized carbons (Fsp3) is 0.778. The van der Waals surface area contributed by atoms with Gasteiger partial charge in [-0.1, -0.05) is 37.0 Å². The smallest absolute Gasteiger partial charge is 0.0541 e. The monoisotopic (exact) mass is 210 g/mol. The summed E-state index contributed by atoms with van der Waals surface area (Å²) in [5, 5.41) is 10.6. The van der Waals surface area contributed by atoms with Crippen molar-refractivity contribution in [1.82, 2.24) is 0 Å². The van der Waals surface area contributed by atoms with Gasteiger partial charge >= 0.3 is 0 Å². The first-order valence-corrected chi connectivity index (χ1v) is 5.08. The van der Waals surface area contributed by atoms with Crippen LogP contribution in [-0.4, -0.2) is 11.2 Å². The second-order valence-electron chi connectivity index (χ2n) is 2.76. The molecule has 1 unspecified atom stereocenters. The van der Waals surface area contributed by atoms with Crippen molar-refractivity contribution in [2.24, 2.45) is 0 Å². The van der Waals surface area contributed by atoms with E-state index < -0.39 is 0 Å². The Hall–Kier alpha value is 0.280. The number of halogens is 2. The Labute approximate surface area is 84.4 Å². The molecule has 3 heteroatoms. The third-order valence-electron chi connectivity index (χ3n) is 1.77. The molecule has 0 aliphatic rings. The van der Waals surface area contributed by atoms with Gasteiger partial charge in [0.25, 0.3) is 0 Å². The molecule has 0 aromatic rings. The lowest BCUT2D eigenvalue weighted by molar-refractivity contribution is 0.161. The summed E-state index contributed by atoms with van der Waals surface area (Å²) in [4.78, 5) is 0. The van der Waals surface area contributed by atoms with E-state index in [9.17, 15) is 5.11 Å². The highest BCUT2D eigenvalue weighted by Crippen LogP contribution is 2.22. The van der Waals surface area contributed by atoms with Crippen LogP contribution in [0.5, 0.6) is 0 Å². The number of hydrogen-bond donors (Lipinski definition) is 1. The molecule has 1 N–H and O–H groups in total. The minimum atomic E-state index is -0.250. The van der Waals surface area contributed by atoms with Crippen LogP contribution in [0, 0.1) is 0 Å². The quantitative estimate of drug-likeness (QED) is 0.736. The minimum absolute atomic E-state index is 0.250. The van der Waals surface area contributed by atoms with Gasteiger partial charge in [-0.3, -0.25) is 0 Å². The first kappa shape index (κ1) is 12.3. The van der Waals surface area contributed by atoms with Crippen LogP contribution in [0.1, 0.15) is 39.5 Å². The van der Waals surface area contributed by atoms with Gasteiger partial charge in [-0.05, 0) is 25.7 Å². The fourth-order valence-electron chi connectivity index (χ4n) is 0.825. The van der Waals surface area contributed by atoms with Crippen molar-refractivity contribution in [2.45, 2.75) is 45.6 Å². The van der Waals surface area contributed by atoms with Crippen LogP contribution in [0.2, 0.25) is 0 Å². The summed E-state index contributed by atoms with van der Waals surface area (Å²) < 4.78 is 0. The Balaban J connectivity index is 3.77. The molecule has 0 radical (unpaired) electrons. The molecule has 72 valence electrons.